The van der Waals surface area contributed by atoms with Gasteiger partial charge >= 0.3 is 0 Å². The van der Waals surface area contributed by atoms with E-state index >= 15 is 0 Å². The largest absolute Gasteiger partial charge is 0.384 e. The molecular formula is C15H17N3OS. The molecule has 0 unspecified atom stereocenters. The van der Waals surface area contributed by atoms with E-state index in [4.69, 9.17) is 0 Å². The lowest BCUT2D eigenvalue weighted by molar-refractivity contribution is 0.0786. The maximum Gasteiger partial charge on any atom is 0.253 e. The highest BCUT2D eigenvalue weighted by molar-refractivity contribution is 7.11. The van der Waals surface area contributed by atoms with Crippen LogP contribution in [0.15, 0.2) is 24.4 Å². The number of amides is 1. The molecule has 0 aliphatic carbocycles. The van der Waals surface area contributed by atoms with Gasteiger partial charge in [-0.3, -0.25) is 4.79 Å². The maximum atomic E-state index is 12.4. The van der Waals surface area contributed by atoms with Gasteiger partial charge in [0.15, 0.2) is 0 Å². The molecule has 0 saturated heterocycles. The number of nitrogens with zero attached hydrogens (tertiary/aromatic N) is 2. The molecule has 0 saturated carbocycles. The number of nitrogens with one attached hydrogen (secondary N) is 1. The fourth-order valence-corrected chi connectivity index (χ4v) is 3.29. The number of benzene rings is 1. The minimum atomic E-state index is 0.0609. The predicted octanol–water partition coefficient (Wildman–Crippen LogP) is 2.69. The van der Waals surface area contributed by atoms with E-state index in [1.807, 2.05) is 38.4 Å². The van der Waals surface area contributed by atoms with E-state index in [2.05, 4.69) is 10.3 Å². The van der Waals surface area contributed by atoms with Crippen molar-refractivity contribution in [2.45, 2.75) is 19.9 Å². The number of hydrogen-bond donors (Lipinski definition) is 1. The maximum absolute atomic E-state index is 12.4. The van der Waals surface area contributed by atoms with Crippen molar-refractivity contribution in [3.8, 4) is 0 Å². The van der Waals surface area contributed by atoms with Gasteiger partial charge in [-0.1, -0.05) is 0 Å². The molecule has 20 heavy (non-hydrogen) atoms. The van der Waals surface area contributed by atoms with Crippen molar-refractivity contribution in [3.63, 3.8) is 0 Å². The van der Waals surface area contributed by atoms with Crippen molar-refractivity contribution in [2.24, 2.45) is 0 Å². The number of thiazole rings is 1. The van der Waals surface area contributed by atoms with Crippen molar-refractivity contribution in [3.05, 3.63) is 45.4 Å². The van der Waals surface area contributed by atoms with Gasteiger partial charge in [0.25, 0.3) is 5.91 Å². The third-order valence-corrected chi connectivity index (χ3v) is 4.37. The predicted molar refractivity (Wildman–Crippen MR) is 81.3 cm³/mol. The van der Waals surface area contributed by atoms with Gasteiger partial charge in [-0.15, -0.1) is 11.3 Å². The Morgan fingerprint density at radius 1 is 1.50 bits per heavy atom. The van der Waals surface area contributed by atoms with E-state index in [1.54, 1.807) is 16.2 Å². The van der Waals surface area contributed by atoms with E-state index in [0.29, 0.717) is 6.54 Å². The second-order valence-electron chi connectivity index (χ2n) is 5.06. The Labute approximate surface area is 122 Å². The highest BCUT2D eigenvalue weighted by atomic mass is 32.1. The van der Waals surface area contributed by atoms with Gasteiger partial charge in [-0.2, -0.15) is 0 Å². The third-order valence-electron chi connectivity index (χ3n) is 3.47. The Morgan fingerprint density at radius 3 is 3.10 bits per heavy atom. The van der Waals surface area contributed by atoms with E-state index in [-0.39, 0.29) is 5.91 Å². The van der Waals surface area contributed by atoms with Crippen molar-refractivity contribution >= 4 is 22.9 Å². The van der Waals surface area contributed by atoms with Crippen LogP contribution in [-0.4, -0.2) is 29.4 Å². The molecule has 1 aromatic heterocycles. The summed E-state index contributed by atoms with van der Waals surface area (Å²) in [7, 11) is 1.84. The highest BCUT2D eigenvalue weighted by Crippen LogP contribution is 2.24. The molecule has 1 N–H and O–H groups in total. The van der Waals surface area contributed by atoms with Gasteiger partial charge in [0.05, 0.1) is 11.6 Å². The first-order valence-electron chi connectivity index (χ1n) is 6.67. The van der Waals surface area contributed by atoms with Crippen LogP contribution in [-0.2, 0) is 13.0 Å². The van der Waals surface area contributed by atoms with Crippen LogP contribution in [0, 0.1) is 6.92 Å². The molecule has 2 heterocycles. The normalized spacial score (nSPS) is 12.9. The lowest BCUT2D eigenvalue weighted by Crippen LogP contribution is -2.25. The molecule has 2 aromatic rings. The Kier molecular flexibility index (Phi) is 3.44. The molecule has 0 atom stereocenters. The van der Waals surface area contributed by atoms with Crippen LogP contribution in [0.25, 0.3) is 0 Å². The molecule has 5 heteroatoms. The van der Waals surface area contributed by atoms with Crippen LogP contribution >= 0.6 is 11.3 Å². The van der Waals surface area contributed by atoms with E-state index in [9.17, 15) is 4.79 Å². The van der Waals surface area contributed by atoms with Crippen LogP contribution in [0.3, 0.4) is 0 Å². The first-order valence-corrected chi connectivity index (χ1v) is 7.49. The van der Waals surface area contributed by atoms with Crippen LogP contribution < -0.4 is 5.32 Å². The fraction of sp³-hybridized carbons (Fsp3) is 0.333. The van der Waals surface area contributed by atoms with Gasteiger partial charge in [-0.05, 0) is 37.1 Å². The standard InChI is InChI=1S/C15H17N3OS/c1-10-17-8-13(20-10)9-18(2)15(19)12-3-4-14-11(7-12)5-6-16-14/h3-4,7-8,16H,5-6,9H2,1-2H3. The Balaban J connectivity index is 1.74. The van der Waals surface area contributed by atoms with Crippen molar-refractivity contribution in [1.29, 1.82) is 0 Å². The molecule has 104 valence electrons. The molecule has 0 radical (unpaired) electrons. The summed E-state index contributed by atoms with van der Waals surface area (Å²) in [6.07, 6.45) is 2.84. The summed E-state index contributed by atoms with van der Waals surface area (Å²) in [5.41, 5.74) is 3.15. The van der Waals surface area contributed by atoms with E-state index in [0.717, 1.165) is 34.1 Å². The zero-order chi connectivity index (χ0) is 14.1. The number of hydrogen-bond acceptors (Lipinski definition) is 4. The van der Waals surface area contributed by atoms with Crippen molar-refractivity contribution in [1.82, 2.24) is 9.88 Å². The molecule has 0 spiro atoms. The van der Waals surface area contributed by atoms with Gasteiger partial charge in [0, 0.05) is 35.9 Å². The summed E-state index contributed by atoms with van der Waals surface area (Å²) in [6, 6.07) is 5.90. The van der Waals surface area contributed by atoms with Crippen molar-refractivity contribution < 1.29 is 4.79 Å². The smallest absolute Gasteiger partial charge is 0.253 e. The molecule has 4 nitrogen and oxygen atoms in total. The van der Waals surface area contributed by atoms with Crippen LogP contribution in [0.4, 0.5) is 5.69 Å². The number of aryl methyl sites for hydroxylation is 1. The molecule has 0 bridgehead atoms. The second kappa shape index (κ2) is 5.25. The van der Waals surface area contributed by atoms with Gasteiger partial charge in [0.1, 0.15) is 0 Å². The van der Waals surface area contributed by atoms with Crippen LogP contribution in [0.5, 0.6) is 0 Å². The number of anilines is 1. The monoisotopic (exact) mass is 287 g/mol. The van der Waals surface area contributed by atoms with Gasteiger partial charge in [-0.25, -0.2) is 4.98 Å². The number of aromatic nitrogens is 1. The summed E-state index contributed by atoms with van der Waals surface area (Å²) in [5, 5.41) is 4.34. The average Bonchev–Trinajstić information content (AvgIpc) is 3.05. The summed E-state index contributed by atoms with van der Waals surface area (Å²) in [5.74, 6) is 0.0609. The molecule has 1 aliphatic heterocycles. The Bertz CT molecular complexity index is 650. The Morgan fingerprint density at radius 2 is 2.35 bits per heavy atom. The topological polar surface area (TPSA) is 45.2 Å². The van der Waals surface area contributed by atoms with Crippen LogP contribution in [0.2, 0.25) is 0 Å². The molecule has 1 aromatic carbocycles. The summed E-state index contributed by atoms with van der Waals surface area (Å²) >= 11 is 1.63. The minimum absolute atomic E-state index is 0.0609. The number of fused-ring (bicyclic) bond motifs is 1. The molecule has 0 fully saturated rings. The lowest BCUT2D eigenvalue weighted by atomic mass is 10.1. The minimum Gasteiger partial charge on any atom is -0.384 e. The third kappa shape index (κ3) is 2.54. The fourth-order valence-electron chi connectivity index (χ4n) is 2.44. The number of carbonyl (C=O) groups excluding carboxylic acids is 1. The molecule has 1 aliphatic rings. The van der Waals surface area contributed by atoms with Gasteiger partial charge in [0.2, 0.25) is 0 Å². The van der Waals surface area contributed by atoms with Crippen molar-refractivity contribution in [2.75, 3.05) is 18.9 Å². The summed E-state index contributed by atoms with van der Waals surface area (Å²) in [6.45, 7) is 3.55. The SMILES string of the molecule is Cc1ncc(CN(C)C(=O)c2ccc3c(c2)CCN3)s1. The molecule has 3 rings (SSSR count). The summed E-state index contributed by atoms with van der Waals surface area (Å²) < 4.78 is 0. The van der Waals surface area contributed by atoms with Crippen LogP contribution in [0.1, 0.15) is 25.8 Å². The second-order valence-corrected chi connectivity index (χ2v) is 6.37. The zero-order valence-electron chi connectivity index (χ0n) is 11.6. The molecular weight excluding hydrogens is 270 g/mol. The Hall–Kier alpha value is -1.88. The molecule has 1 amide bonds. The van der Waals surface area contributed by atoms with E-state index in [1.165, 1.54) is 5.56 Å². The zero-order valence-corrected chi connectivity index (χ0v) is 12.5. The number of carbonyl (C=O) groups is 1. The van der Waals surface area contributed by atoms with Gasteiger partial charge < -0.3 is 10.2 Å². The number of rotatable bonds is 3. The average molecular weight is 287 g/mol. The lowest BCUT2D eigenvalue weighted by Gasteiger charge is -2.16. The first kappa shape index (κ1) is 13.1. The van der Waals surface area contributed by atoms with E-state index < -0.39 is 0 Å². The summed E-state index contributed by atoms with van der Waals surface area (Å²) in [4.78, 5) is 19.5. The first-order chi connectivity index (χ1) is 9.63. The highest BCUT2D eigenvalue weighted by Gasteiger charge is 2.16. The quantitative estimate of drug-likeness (QED) is 0.944.